The van der Waals surface area contributed by atoms with Gasteiger partial charge in [0.25, 0.3) is 0 Å². The zero-order valence-electron chi connectivity index (χ0n) is 13.4. The van der Waals surface area contributed by atoms with E-state index in [4.69, 9.17) is 22.1 Å². The Morgan fingerprint density at radius 2 is 0.704 bits per heavy atom. The normalized spacial score (nSPS) is 8.00. The average Bonchev–Trinajstić information content (AvgIpc) is 3.48. The Morgan fingerprint density at radius 3 is 0.815 bits per heavy atom. The van der Waals surface area contributed by atoms with Gasteiger partial charge in [-0.2, -0.15) is 0 Å². The SMILES string of the molecule is [N-]=[N+]=[N-].[N-]=[N+]=[N-].[Ni+2].c1c[nH]c(-c2ncc[nH]2)n1.c1c[nH]c(-c2ncc[nH]2)n1. The van der Waals surface area contributed by atoms with Crippen molar-refractivity contribution in [2.24, 2.45) is 0 Å². The van der Waals surface area contributed by atoms with E-state index in [1.165, 1.54) is 9.82 Å². The zero-order valence-corrected chi connectivity index (χ0v) is 14.4. The van der Waals surface area contributed by atoms with Crippen molar-refractivity contribution in [2.45, 2.75) is 0 Å². The Bertz CT molecular complexity index is 725. The van der Waals surface area contributed by atoms with Crippen molar-refractivity contribution in [3.8, 4) is 23.3 Å². The largest absolute Gasteiger partial charge is 2.00 e. The fraction of sp³-hybridized carbons (Fsp3) is 0. The number of H-pyrrole nitrogens is 4. The first kappa shape index (κ1) is 23.0. The van der Waals surface area contributed by atoms with E-state index in [2.05, 4.69) is 39.9 Å². The van der Waals surface area contributed by atoms with Gasteiger partial charge in [-0.05, 0) is 0 Å². The summed E-state index contributed by atoms with van der Waals surface area (Å²) in [6.07, 6.45) is 13.8. The van der Waals surface area contributed by atoms with Crippen LogP contribution in [0.2, 0.25) is 0 Å². The van der Waals surface area contributed by atoms with Crippen LogP contribution < -0.4 is 0 Å². The molecule has 4 N–H and O–H groups in total. The van der Waals surface area contributed by atoms with E-state index in [0.29, 0.717) is 0 Å². The Balaban J connectivity index is 0.000000380. The molecule has 0 atom stereocenters. The van der Waals surface area contributed by atoms with Crippen molar-refractivity contribution < 1.29 is 16.5 Å². The molecule has 0 amide bonds. The summed E-state index contributed by atoms with van der Waals surface area (Å²) in [7, 11) is 0. The molecule has 0 aromatic carbocycles. The molecule has 0 saturated carbocycles. The quantitative estimate of drug-likeness (QED) is 0.168. The molecule has 140 valence electrons. The summed E-state index contributed by atoms with van der Waals surface area (Å²) in [4.78, 5) is 30.8. The van der Waals surface area contributed by atoms with Crippen molar-refractivity contribution in [1.29, 1.82) is 0 Å². The molecule has 4 heterocycles. The second kappa shape index (κ2) is 14.3. The minimum absolute atomic E-state index is 0. The van der Waals surface area contributed by atoms with E-state index in [1.807, 2.05) is 0 Å². The van der Waals surface area contributed by atoms with Gasteiger partial charge in [-0.25, -0.2) is 19.9 Å². The molecule has 14 nitrogen and oxygen atoms in total. The minimum Gasteiger partial charge on any atom is -0.373 e. The minimum atomic E-state index is 0. The maximum absolute atomic E-state index is 6.75. The predicted octanol–water partition coefficient (Wildman–Crippen LogP) is 3.33. The monoisotopic (exact) mass is 410 g/mol. The van der Waals surface area contributed by atoms with E-state index in [9.17, 15) is 0 Å². The average molecular weight is 411 g/mol. The second-order valence-electron chi connectivity index (χ2n) is 3.93. The van der Waals surface area contributed by atoms with Crippen LogP contribution in [0.5, 0.6) is 0 Å². The van der Waals surface area contributed by atoms with Gasteiger partial charge < -0.3 is 42.1 Å². The van der Waals surface area contributed by atoms with Gasteiger partial charge in [0.2, 0.25) is 0 Å². The van der Waals surface area contributed by atoms with Crippen molar-refractivity contribution >= 4 is 0 Å². The van der Waals surface area contributed by atoms with Crippen molar-refractivity contribution in [3.63, 3.8) is 0 Å². The number of nitrogens with one attached hydrogen (secondary N) is 4. The molecule has 0 aliphatic carbocycles. The van der Waals surface area contributed by atoms with Crippen LogP contribution in [0, 0.1) is 0 Å². The Hall–Kier alpha value is -4.05. The zero-order chi connectivity index (χ0) is 19.0. The van der Waals surface area contributed by atoms with Gasteiger partial charge in [-0.15, -0.1) is 0 Å². The standard InChI is InChI=1S/2C6H6N4.2N3.Ni/c2*1-2-8-5(7-1)6-9-3-4-10-6;2*1-3-2;/h2*1-4H,(H,7,8)(H,9,10);;;/q;;2*-1;+2. The van der Waals surface area contributed by atoms with Gasteiger partial charge in [-0.1, -0.05) is 0 Å². The Morgan fingerprint density at radius 1 is 0.519 bits per heavy atom. The summed E-state index contributed by atoms with van der Waals surface area (Å²) in [5.41, 5.74) is 27.0. The summed E-state index contributed by atoms with van der Waals surface area (Å²) < 4.78 is 0. The molecule has 0 aliphatic heterocycles. The van der Waals surface area contributed by atoms with Crippen LogP contribution in [0.3, 0.4) is 0 Å². The van der Waals surface area contributed by atoms with Gasteiger partial charge in [0, 0.05) is 49.6 Å². The van der Waals surface area contributed by atoms with Crippen LogP contribution in [0.1, 0.15) is 0 Å². The smallest absolute Gasteiger partial charge is 0.373 e. The summed E-state index contributed by atoms with van der Waals surface area (Å²) >= 11 is 0. The van der Waals surface area contributed by atoms with Crippen molar-refractivity contribution in [3.05, 3.63) is 81.5 Å². The molecule has 0 aliphatic rings. The first-order chi connectivity index (χ1) is 12.8. The van der Waals surface area contributed by atoms with Crippen molar-refractivity contribution in [1.82, 2.24) is 39.9 Å². The van der Waals surface area contributed by atoms with Crippen LogP contribution >= 0.6 is 0 Å². The van der Waals surface area contributed by atoms with E-state index < -0.39 is 0 Å². The van der Waals surface area contributed by atoms with E-state index >= 15 is 0 Å². The van der Waals surface area contributed by atoms with Gasteiger partial charge in [0.1, 0.15) is 0 Å². The third-order valence-electron chi connectivity index (χ3n) is 2.44. The topological polar surface area (TPSA) is 232 Å². The van der Waals surface area contributed by atoms with E-state index in [1.54, 1.807) is 49.6 Å². The number of rotatable bonds is 2. The van der Waals surface area contributed by atoms with Crippen LogP contribution in [0.15, 0.2) is 49.6 Å². The first-order valence-corrected chi connectivity index (χ1v) is 6.72. The summed E-state index contributed by atoms with van der Waals surface area (Å²) in [5, 5.41) is 0. The number of hydrogen-bond acceptors (Lipinski definition) is 4. The van der Waals surface area contributed by atoms with Gasteiger partial charge >= 0.3 is 16.5 Å². The number of nitrogens with zero attached hydrogens (tertiary/aromatic N) is 10. The molecule has 0 unspecified atom stereocenters. The van der Waals surface area contributed by atoms with Gasteiger partial charge in [-0.3, -0.25) is 9.82 Å². The molecular weight excluding hydrogens is 399 g/mol. The maximum atomic E-state index is 6.75. The fourth-order valence-electron chi connectivity index (χ4n) is 1.58. The molecule has 0 saturated heterocycles. The molecule has 4 aromatic heterocycles. The molecule has 0 fully saturated rings. The first-order valence-electron chi connectivity index (χ1n) is 6.72. The Labute approximate surface area is 161 Å². The fourth-order valence-corrected chi connectivity index (χ4v) is 1.58. The van der Waals surface area contributed by atoms with Crippen LogP contribution in [-0.4, -0.2) is 39.9 Å². The van der Waals surface area contributed by atoms with Crippen molar-refractivity contribution in [2.75, 3.05) is 0 Å². The molecule has 0 bridgehead atoms. The van der Waals surface area contributed by atoms with Crippen LogP contribution in [0.4, 0.5) is 0 Å². The second-order valence-corrected chi connectivity index (χ2v) is 3.93. The number of hydrogen-bond donors (Lipinski definition) is 4. The molecule has 27 heavy (non-hydrogen) atoms. The number of aromatic nitrogens is 8. The molecule has 0 spiro atoms. The summed E-state index contributed by atoms with van der Waals surface area (Å²) in [6, 6.07) is 0. The van der Waals surface area contributed by atoms with E-state index in [-0.39, 0.29) is 16.5 Å². The Kier molecular flexibility index (Phi) is 12.2. The van der Waals surface area contributed by atoms with Gasteiger partial charge in [0.05, 0.1) is 0 Å². The molecule has 15 heteroatoms. The van der Waals surface area contributed by atoms with Gasteiger partial charge in [0.15, 0.2) is 23.3 Å². The predicted molar refractivity (Wildman–Crippen MR) is 92.5 cm³/mol. The molecule has 4 rings (SSSR count). The van der Waals surface area contributed by atoms with Crippen LogP contribution in [-0.2, 0) is 16.5 Å². The van der Waals surface area contributed by atoms with E-state index in [0.717, 1.165) is 23.3 Å². The van der Waals surface area contributed by atoms with Crippen LogP contribution in [0.25, 0.3) is 55.2 Å². The summed E-state index contributed by atoms with van der Waals surface area (Å²) in [6.45, 7) is 0. The third kappa shape index (κ3) is 8.56. The summed E-state index contributed by atoms with van der Waals surface area (Å²) in [5.74, 6) is 3.07. The third-order valence-corrected chi connectivity index (χ3v) is 2.44. The molecule has 4 aromatic rings. The molecular formula is C12H12N14Ni. The number of imidazole rings is 4. The molecule has 0 radical (unpaired) electrons. The maximum Gasteiger partial charge on any atom is 2.00 e. The number of aromatic amines is 4.